The van der Waals surface area contributed by atoms with Crippen molar-refractivity contribution in [3.8, 4) is 0 Å². The highest BCUT2D eigenvalue weighted by Crippen LogP contribution is 2.25. The molecule has 3 rings (SSSR count). The van der Waals surface area contributed by atoms with Crippen LogP contribution >= 0.6 is 46.5 Å². The number of rotatable bonds is 15. The Hall–Kier alpha value is -3.87. The minimum absolute atomic E-state index is 0.160. The Morgan fingerprint density at radius 3 is 1.93 bits per heavy atom. The van der Waals surface area contributed by atoms with Crippen LogP contribution in [0, 0.1) is 0 Å². The van der Waals surface area contributed by atoms with Crippen molar-refractivity contribution in [1.82, 2.24) is 16.0 Å². The number of thioether (sulfide) groups is 2. The summed E-state index contributed by atoms with van der Waals surface area (Å²) in [5, 5.41) is 19.4. The predicted octanol–water partition coefficient (Wildman–Crippen LogP) is 6.46. The number of hydrogen-bond acceptors (Lipinski definition) is 12. The Bertz CT molecular complexity index is 1580. The largest absolute Gasteiger partial charge is 0.480 e. The lowest BCUT2D eigenvalue weighted by Gasteiger charge is -2.23. The third kappa shape index (κ3) is 17.5. The number of amides is 5. The molecule has 3 atom stereocenters. The third-order valence-electron chi connectivity index (χ3n) is 6.83. The van der Waals surface area contributed by atoms with Crippen molar-refractivity contribution >= 4 is 93.9 Å². The lowest BCUT2D eigenvalue weighted by molar-refractivity contribution is -0.139. The summed E-state index contributed by atoms with van der Waals surface area (Å²) in [4.78, 5) is 73.8. The van der Waals surface area contributed by atoms with Crippen LogP contribution in [0.5, 0.6) is 0 Å². The maximum Gasteiger partial charge on any atom is 0.414 e. The molecule has 5 N–H and O–H groups in total. The molecular weight excluding hydrogens is 782 g/mol. The number of anilines is 2. The number of hydrogen-bond donors (Lipinski definition) is 5. The highest BCUT2D eigenvalue weighted by Gasteiger charge is 2.33. The molecule has 2 heterocycles. The van der Waals surface area contributed by atoms with Gasteiger partial charge in [0.25, 0.3) is 5.91 Å². The number of carbonyl (C=O) groups is 6. The van der Waals surface area contributed by atoms with E-state index in [0.29, 0.717) is 44.9 Å². The number of carbonyl (C=O) groups excluding carboxylic acids is 5. The molecule has 0 unspecified atom stereocenters. The van der Waals surface area contributed by atoms with Crippen LogP contribution in [0.25, 0.3) is 0 Å². The lowest BCUT2D eigenvalue weighted by atomic mass is 10.2. The lowest BCUT2D eigenvalue weighted by Crippen LogP contribution is -2.46. The molecule has 54 heavy (non-hydrogen) atoms. The molecule has 5 amide bonds. The molecule has 1 saturated heterocycles. The Balaban J connectivity index is 0.000000531. The maximum absolute atomic E-state index is 12.9. The minimum Gasteiger partial charge on any atom is -0.480 e. The number of benzene rings is 1. The fourth-order valence-electron chi connectivity index (χ4n) is 4.42. The van der Waals surface area contributed by atoms with E-state index in [1.165, 1.54) is 28.0 Å². The van der Waals surface area contributed by atoms with Gasteiger partial charge in [-0.3, -0.25) is 14.5 Å². The average molecular weight is 832 g/mol. The van der Waals surface area contributed by atoms with E-state index in [2.05, 4.69) is 21.3 Å². The van der Waals surface area contributed by atoms with Gasteiger partial charge in [-0.15, -0.1) is 11.3 Å². The second-order valence-corrected chi connectivity index (χ2v) is 17.5. The van der Waals surface area contributed by atoms with E-state index in [1.807, 2.05) is 12.5 Å². The first-order valence-electron chi connectivity index (χ1n) is 16.8. The summed E-state index contributed by atoms with van der Waals surface area (Å²) in [7, 11) is 0. The van der Waals surface area contributed by atoms with Gasteiger partial charge in [0.15, 0.2) is 0 Å². The van der Waals surface area contributed by atoms with Gasteiger partial charge in [-0.25, -0.2) is 19.2 Å². The van der Waals surface area contributed by atoms with Crippen LogP contribution in [-0.4, -0.2) is 108 Å². The van der Waals surface area contributed by atoms with E-state index in [1.54, 1.807) is 89.7 Å². The van der Waals surface area contributed by atoms with Gasteiger partial charge in [0.05, 0.1) is 22.3 Å². The van der Waals surface area contributed by atoms with Crippen molar-refractivity contribution in [3.05, 3.63) is 45.6 Å². The Labute approximate surface area is 333 Å². The Kier molecular flexibility index (Phi) is 18.7. The van der Waals surface area contributed by atoms with E-state index in [0.717, 1.165) is 0 Å². The van der Waals surface area contributed by atoms with Crippen molar-refractivity contribution < 1.29 is 48.1 Å². The van der Waals surface area contributed by atoms with Crippen molar-refractivity contribution in [2.45, 2.75) is 83.8 Å². The zero-order valence-corrected chi connectivity index (χ0v) is 34.8. The number of nitrogens with zero attached hydrogens (tertiary/aromatic N) is 1. The highest BCUT2D eigenvalue weighted by atomic mass is 35.5. The first-order chi connectivity index (χ1) is 25.2. The number of aliphatic carboxylic acids is 1. The molecule has 1 fully saturated rings. The van der Waals surface area contributed by atoms with Gasteiger partial charge in [0.1, 0.15) is 29.4 Å². The molecule has 0 spiro atoms. The average Bonchev–Trinajstić information content (AvgIpc) is 3.67. The number of carboxylic acids is 1. The molecule has 1 aliphatic heterocycles. The normalized spacial score (nSPS) is 15.1. The SMILES string of the molecule is CSCC[C@@H](NC(=O)OC(C)(C)C)C(=O)Nc1ccc(N2C[C@H](CNC(=O)c3ccc(Cl)s3)OC2=O)cc1.CSCC[C@@H](NC(=O)OC(C)(C)C)C(=O)O. The molecule has 1 aromatic carbocycles. The van der Waals surface area contributed by atoms with E-state index in [4.69, 9.17) is 30.9 Å². The molecule has 300 valence electrons. The van der Waals surface area contributed by atoms with Gasteiger partial charge in [0, 0.05) is 11.4 Å². The number of halogens is 1. The molecule has 0 radical (unpaired) electrons. The third-order valence-corrected chi connectivity index (χ3v) is 9.34. The molecule has 0 bridgehead atoms. The monoisotopic (exact) mass is 831 g/mol. The molecule has 19 heteroatoms. The summed E-state index contributed by atoms with van der Waals surface area (Å²) in [6, 6.07) is 8.31. The second kappa shape index (κ2) is 21.9. The van der Waals surface area contributed by atoms with Crippen LogP contribution < -0.4 is 26.2 Å². The summed E-state index contributed by atoms with van der Waals surface area (Å²) < 4.78 is 16.2. The van der Waals surface area contributed by atoms with Gasteiger partial charge in [-0.05, 0) is 115 Å². The number of carboxylic acid groups (broad SMARTS) is 1. The first-order valence-corrected chi connectivity index (χ1v) is 20.8. The number of ether oxygens (including phenoxy) is 3. The van der Waals surface area contributed by atoms with Crippen LogP contribution in [0.15, 0.2) is 36.4 Å². The van der Waals surface area contributed by atoms with Crippen LogP contribution in [0.1, 0.15) is 64.1 Å². The van der Waals surface area contributed by atoms with Gasteiger partial charge in [-0.2, -0.15) is 23.5 Å². The molecule has 0 saturated carbocycles. The molecule has 0 aliphatic carbocycles. The summed E-state index contributed by atoms with van der Waals surface area (Å²) in [5.41, 5.74) is -0.213. The zero-order valence-electron chi connectivity index (χ0n) is 31.6. The van der Waals surface area contributed by atoms with Crippen molar-refractivity contribution in [2.24, 2.45) is 0 Å². The molecular formula is C35H50ClN5O10S3. The number of nitrogens with one attached hydrogen (secondary N) is 4. The summed E-state index contributed by atoms with van der Waals surface area (Å²) in [5.74, 6) is -0.353. The van der Waals surface area contributed by atoms with Crippen LogP contribution in [0.3, 0.4) is 0 Å². The van der Waals surface area contributed by atoms with Crippen LogP contribution in [-0.2, 0) is 23.8 Å². The van der Waals surface area contributed by atoms with Crippen molar-refractivity contribution in [3.63, 3.8) is 0 Å². The van der Waals surface area contributed by atoms with Gasteiger partial charge < -0.3 is 40.6 Å². The van der Waals surface area contributed by atoms with E-state index in [9.17, 15) is 28.8 Å². The minimum atomic E-state index is -1.04. The van der Waals surface area contributed by atoms with Gasteiger partial charge in [0.2, 0.25) is 5.91 Å². The Morgan fingerprint density at radius 1 is 0.907 bits per heavy atom. The summed E-state index contributed by atoms with van der Waals surface area (Å²) in [6.07, 6.45) is 2.22. The number of cyclic esters (lactones) is 1. The molecule has 15 nitrogen and oxygen atoms in total. The van der Waals surface area contributed by atoms with Crippen molar-refractivity contribution in [2.75, 3.05) is 47.3 Å². The topological polar surface area (TPSA) is 202 Å². The highest BCUT2D eigenvalue weighted by molar-refractivity contribution is 7.98. The maximum atomic E-state index is 12.9. The molecule has 1 aliphatic rings. The van der Waals surface area contributed by atoms with E-state index < -0.39 is 53.6 Å². The van der Waals surface area contributed by atoms with E-state index >= 15 is 0 Å². The van der Waals surface area contributed by atoms with Gasteiger partial charge >= 0.3 is 24.2 Å². The van der Waals surface area contributed by atoms with E-state index in [-0.39, 0.29) is 24.9 Å². The van der Waals surface area contributed by atoms with Crippen molar-refractivity contribution in [1.29, 1.82) is 0 Å². The fourth-order valence-corrected chi connectivity index (χ4v) is 6.32. The van der Waals surface area contributed by atoms with Gasteiger partial charge in [-0.1, -0.05) is 11.6 Å². The Morgan fingerprint density at radius 2 is 1.44 bits per heavy atom. The summed E-state index contributed by atoms with van der Waals surface area (Å²) in [6.45, 7) is 10.8. The standard InChI is InChI=1S/C25H31ClN4O6S2.C10H19NO4S/c1-25(2,3)36-23(33)29-18(11-12-37-4)21(31)28-15-5-7-16(8-6-15)30-14-17(35-24(30)34)13-27-22(32)19-9-10-20(26)38-19;1-10(2,3)15-9(14)11-7(8(12)13)5-6-16-4/h5-10,17-18H,11-14H2,1-4H3,(H,27,32)(H,28,31)(H,29,33);7H,5-6H2,1-4H3,(H,11,14)(H,12,13)/t17-,18+;7-/m01/s1. The fraction of sp³-hybridized carbons (Fsp3) is 0.543. The number of thiophene rings is 1. The smallest absolute Gasteiger partial charge is 0.414 e. The predicted molar refractivity (Wildman–Crippen MR) is 214 cm³/mol. The molecule has 1 aromatic heterocycles. The van der Waals surface area contributed by atoms with Crippen LogP contribution in [0.2, 0.25) is 4.34 Å². The number of alkyl carbamates (subject to hydrolysis) is 2. The summed E-state index contributed by atoms with van der Waals surface area (Å²) >= 11 is 10.1. The molecule has 2 aromatic rings. The zero-order chi connectivity index (χ0) is 40.6. The first kappa shape index (κ1) is 46.3. The quantitative estimate of drug-likeness (QED) is 0.123. The van der Waals surface area contributed by atoms with Crippen LogP contribution in [0.4, 0.5) is 25.8 Å². The second-order valence-electron chi connectivity index (χ2n) is 13.8.